The van der Waals surface area contributed by atoms with Crippen LogP contribution in [0.25, 0.3) is 0 Å². The molecule has 0 saturated carbocycles. The van der Waals surface area contributed by atoms with Gasteiger partial charge in [0.2, 0.25) is 5.95 Å². The Morgan fingerprint density at radius 1 is 1.23 bits per heavy atom. The molecule has 26 heavy (non-hydrogen) atoms. The van der Waals surface area contributed by atoms with Gasteiger partial charge in [0.25, 0.3) is 0 Å². The largest absolute Gasteiger partial charge is 0.368 e. The molecule has 2 aromatic rings. The van der Waals surface area contributed by atoms with Crippen molar-refractivity contribution in [3.05, 3.63) is 41.6 Å². The number of aromatic nitrogens is 2. The van der Waals surface area contributed by atoms with Gasteiger partial charge in [0, 0.05) is 46.5 Å². The summed E-state index contributed by atoms with van der Waals surface area (Å²) in [7, 11) is 5.99. The number of hydrogen-bond donors (Lipinski definition) is 0. The first-order chi connectivity index (χ1) is 12.5. The molecule has 1 unspecified atom stereocenters. The molecule has 1 atom stereocenters. The molecule has 0 radical (unpaired) electrons. The molecule has 0 N–H and O–H groups in total. The number of nitrogens with zero attached hydrogens (tertiary/aromatic N) is 6. The normalized spacial score (nSPS) is 16.9. The van der Waals surface area contributed by atoms with Crippen LogP contribution in [0, 0.1) is 18.3 Å². The van der Waals surface area contributed by atoms with Gasteiger partial charge in [0.1, 0.15) is 11.9 Å². The summed E-state index contributed by atoms with van der Waals surface area (Å²) >= 11 is 0. The molecule has 136 valence electrons. The van der Waals surface area contributed by atoms with Gasteiger partial charge in [-0.25, -0.2) is 4.98 Å². The number of benzene rings is 1. The van der Waals surface area contributed by atoms with Crippen molar-refractivity contribution >= 4 is 17.5 Å². The van der Waals surface area contributed by atoms with Crippen molar-refractivity contribution in [1.29, 1.82) is 5.26 Å². The van der Waals surface area contributed by atoms with Crippen molar-refractivity contribution in [2.75, 3.05) is 48.9 Å². The van der Waals surface area contributed by atoms with E-state index in [4.69, 9.17) is 0 Å². The van der Waals surface area contributed by atoms with Gasteiger partial charge in [-0.2, -0.15) is 10.2 Å². The summed E-state index contributed by atoms with van der Waals surface area (Å²) in [6, 6.07) is 10.7. The van der Waals surface area contributed by atoms with E-state index in [1.54, 1.807) is 0 Å². The van der Waals surface area contributed by atoms with Crippen molar-refractivity contribution < 1.29 is 0 Å². The van der Waals surface area contributed by atoms with Crippen LogP contribution in [0.5, 0.6) is 0 Å². The van der Waals surface area contributed by atoms with Crippen molar-refractivity contribution in [2.45, 2.75) is 25.8 Å². The van der Waals surface area contributed by atoms with Gasteiger partial charge >= 0.3 is 0 Å². The third-order valence-corrected chi connectivity index (χ3v) is 4.95. The Labute approximate surface area is 155 Å². The number of anilines is 3. The maximum Gasteiger partial charge on any atom is 0.226 e. The van der Waals surface area contributed by atoms with Gasteiger partial charge in [0.05, 0.1) is 11.3 Å². The Morgan fingerprint density at radius 3 is 2.77 bits per heavy atom. The predicted molar refractivity (Wildman–Crippen MR) is 106 cm³/mol. The lowest BCUT2D eigenvalue weighted by molar-refractivity contribution is 0.485. The summed E-state index contributed by atoms with van der Waals surface area (Å²) in [5.41, 5.74) is 2.97. The van der Waals surface area contributed by atoms with Gasteiger partial charge in [-0.15, -0.1) is 0 Å². The minimum absolute atomic E-state index is 0.348. The Bertz CT molecular complexity index is 810. The van der Waals surface area contributed by atoms with E-state index in [9.17, 15) is 5.26 Å². The summed E-state index contributed by atoms with van der Waals surface area (Å²) in [6.07, 6.45) is 4.02. The maximum absolute atomic E-state index is 9.47. The predicted octanol–water partition coefficient (Wildman–Crippen LogP) is 2.83. The number of hydrogen-bond acceptors (Lipinski definition) is 6. The van der Waals surface area contributed by atoms with E-state index in [0.717, 1.165) is 43.0 Å². The van der Waals surface area contributed by atoms with Gasteiger partial charge in [-0.1, -0.05) is 6.07 Å². The third kappa shape index (κ3) is 3.72. The SMILES string of the molecule is Cc1ccc(C#N)c(N2CCCC(N(C)c3ccnc(N(C)C)n3)C2)c1. The van der Waals surface area contributed by atoms with Crippen LogP contribution in [0.3, 0.4) is 0 Å². The van der Waals surface area contributed by atoms with Gasteiger partial charge in [-0.3, -0.25) is 0 Å². The standard InChI is InChI=1S/C20H26N6/c1-15-7-8-16(13-21)18(12-15)26-11-5-6-17(14-26)25(4)19-9-10-22-20(23-19)24(2)3/h7-10,12,17H,5-6,11,14H2,1-4H3. The topological polar surface area (TPSA) is 59.3 Å². The molecular weight excluding hydrogens is 324 g/mol. The average Bonchev–Trinajstić information content (AvgIpc) is 2.67. The highest BCUT2D eigenvalue weighted by Gasteiger charge is 2.26. The summed E-state index contributed by atoms with van der Waals surface area (Å²) in [5.74, 6) is 1.65. The second kappa shape index (κ2) is 7.61. The van der Waals surface area contributed by atoms with Gasteiger partial charge in [0.15, 0.2) is 0 Å². The zero-order valence-electron chi connectivity index (χ0n) is 16.0. The number of rotatable bonds is 4. The molecule has 1 aromatic heterocycles. The molecule has 1 aliphatic rings. The summed E-state index contributed by atoms with van der Waals surface area (Å²) in [6.45, 7) is 3.94. The lowest BCUT2D eigenvalue weighted by Crippen LogP contribution is -2.47. The molecule has 1 aromatic carbocycles. The molecule has 1 aliphatic heterocycles. The molecule has 6 heteroatoms. The first-order valence-electron chi connectivity index (χ1n) is 8.98. The monoisotopic (exact) mass is 350 g/mol. The minimum Gasteiger partial charge on any atom is -0.368 e. The summed E-state index contributed by atoms with van der Waals surface area (Å²) in [5, 5.41) is 9.47. The molecule has 0 spiro atoms. The summed E-state index contributed by atoms with van der Waals surface area (Å²) in [4.78, 5) is 15.5. The van der Waals surface area contributed by atoms with Crippen LogP contribution < -0.4 is 14.7 Å². The zero-order chi connectivity index (χ0) is 18.7. The minimum atomic E-state index is 0.348. The molecule has 0 aliphatic carbocycles. The van der Waals surface area contributed by atoms with E-state index < -0.39 is 0 Å². The quantitative estimate of drug-likeness (QED) is 0.845. The molecule has 0 bridgehead atoms. The van der Waals surface area contributed by atoms with Gasteiger partial charge < -0.3 is 14.7 Å². The smallest absolute Gasteiger partial charge is 0.226 e. The third-order valence-electron chi connectivity index (χ3n) is 4.95. The van der Waals surface area contributed by atoms with Crippen molar-refractivity contribution in [3.8, 4) is 6.07 Å². The van der Waals surface area contributed by atoms with Crippen molar-refractivity contribution in [1.82, 2.24) is 9.97 Å². The van der Waals surface area contributed by atoms with E-state index in [2.05, 4.69) is 45.9 Å². The molecule has 1 fully saturated rings. The van der Waals surface area contributed by atoms with Crippen LogP contribution in [-0.2, 0) is 0 Å². The Morgan fingerprint density at radius 2 is 2.04 bits per heavy atom. The first-order valence-corrected chi connectivity index (χ1v) is 8.98. The van der Waals surface area contributed by atoms with Crippen LogP contribution in [0.2, 0.25) is 0 Å². The van der Waals surface area contributed by atoms with Crippen LogP contribution in [-0.4, -0.2) is 50.2 Å². The number of nitriles is 1. The zero-order valence-corrected chi connectivity index (χ0v) is 16.0. The Hall–Kier alpha value is -2.81. The van der Waals surface area contributed by atoms with Gasteiger partial charge in [-0.05, 0) is 43.5 Å². The van der Waals surface area contributed by atoms with Crippen molar-refractivity contribution in [3.63, 3.8) is 0 Å². The Balaban J connectivity index is 1.82. The molecule has 0 amide bonds. The number of piperidine rings is 1. The van der Waals surface area contributed by atoms with Crippen LogP contribution in [0.1, 0.15) is 24.0 Å². The molecule has 6 nitrogen and oxygen atoms in total. The van der Waals surface area contributed by atoms with Crippen LogP contribution in [0.4, 0.5) is 17.5 Å². The number of aryl methyl sites for hydroxylation is 1. The fourth-order valence-electron chi connectivity index (χ4n) is 3.43. The van der Waals surface area contributed by atoms with E-state index in [-0.39, 0.29) is 0 Å². The lowest BCUT2D eigenvalue weighted by Gasteiger charge is -2.39. The van der Waals surface area contributed by atoms with Crippen molar-refractivity contribution in [2.24, 2.45) is 0 Å². The van der Waals surface area contributed by atoms with Crippen LogP contribution in [0.15, 0.2) is 30.5 Å². The molecule has 3 rings (SSSR count). The number of likely N-dealkylation sites (N-methyl/N-ethyl adjacent to an activating group) is 1. The highest BCUT2D eigenvalue weighted by molar-refractivity contribution is 5.61. The fourth-order valence-corrected chi connectivity index (χ4v) is 3.43. The van der Waals surface area contributed by atoms with E-state index in [1.807, 2.05) is 43.4 Å². The second-order valence-corrected chi connectivity index (χ2v) is 7.09. The Kier molecular flexibility index (Phi) is 5.27. The van der Waals surface area contributed by atoms with Crippen LogP contribution >= 0.6 is 0 Å². The maximum atomic E-state index is 9.47. The van der Waals surface area contributed by atoms with E-state index in [0.29, 0.717) is 12.0 Å². The molecule has 1 saturated heterocycles. The van der Waals surface area contributed by atoms with E-state index >= 15 is 0 Å². The second-order valence-electron chi connectivity index (χ2n) is 7.09. The lowest BCUT2D eigenvalue weighted by atomic mass is 10.0. The highest BCUT2D eigenvalue weighted by Crippen LogP contribution is 2.28. The highest BCUT2D eigenvalue weighted by atomic mass is 15.3. The molecule has 2 heterocycles. The average molecular weight is 350 g/mol. The van der Waals surface area contributed by atoms with E-state index in [1.165, 1.54) is 5.56 Å². The molecular formula is C20H26N6. The first kappa shape index (κ1) is 18.0. The summed E-state index contributed by atoms with van der Waals surface area (Å²) < 4.78 is 0. The fraction of sp³-hybridized carbons (Fsp3) is 0.450.